The fourth-order valence-electron chi connectivity index (χ4n) is 1.50. The first-order chi connectivity index (χ1) is 8.13. The summed E-state index contributed by atoms with van der Waals surface area (Å²) in [6.45, 7) is 2.10. The molecule has 0 bridgehead atoms. The minimum Gasteiger partial charge on any atom is -0.383 e. The van der Waals surface area contributed by atoms with E-state index in [-0.39, 0.29) is 6.04 Å². The van der Waals surface area contributed by atoms with Gasteiger partial charge in [-0.2, -0.15) is 4.98 Å². The van der Waals surface area contributed by atoms with E-state index in [0.717, 1.165) is 6.42 Å². The standard InChI is InChI=1S/C11H13BrN4S/c1-7(5-8-3-2-4-17-8)14-11-15-9(12)6-10(13)16-11/h2-4,6-7H,5H2,1H3,(H3,13,14,15,16). The average Bonchev–Trinajstić information content (AvgIpc) is 2.67. The van der Waals surface area contributed by atoms with Gasteiger partial charge in [0.1, 0.15) is 10.4 Å². The molecule has 0 aliphatic carbocycles. The van der Waals surface area contributed by atoms with Crippen molar-refractivity contribution in [3.05, 3.63) is 33.1 Å². The number of anilines is 2. The van der Waals surface area contributed by atoms with Gasteiger partial charge in [0.2, 0.25) is 5.95 Å². The molecular weight excluding hydrogens is 300 g/mol. The second-order valence-electron chi connectivity index (χ2n) is 3.77. The molecule has 0 fully saturated rings. The molecule has 0 aliphatic heterocycles. The van der Waals surface area contributed by atoms with Crippen LogP contribution >= 0.6 is 27.3 Å². The molecule has 90 valence electrons. The van der Waals surface area contributed by atoms with Crippen LogP contribution in [0.3, 0.4) is 0 Å². The largest absolute Gasteiger partial charge is 0.383 e. The lowest BCUT2D eigenvalue weighted by Gasteiger charge is -2.13. The third-order valence-corrected chi connectivity index (χ3v) is 3.48. The molecule has 2 aromatic heterocycles. The third kappa shape index (κ3) is 3.67. The summed E-state index contributed by atoms with van der Waals surface area (Å²) in [6.07, 6.45) is 0.952. The molecule has 0 spiro atoms. The van der Waals surface area contributed by atoms with Gasteiger partial charge in [0, 0.05) is 23.4 Å². The zero-order valence-corrected chi connectivity index (χ0v) is 11.8. The van der Waals surface area contributed by atoms with Crippen LogP contribution in [0.2, 0.25) is 0 Å². The van der Waals surface area contributed by atoms with E-state index in [4.69, 9.17) is 5.73 Å². The van der Waals surface area contributed by atoms with E-state index in [1.807, 2.05) is 0 Å². The molecule has 1 unspecified atom stereocenters. The molecule has 3 N–H and O–H groups in total. The second-order valence-corrected chi connectivity index (χ2v) is 5.61. The summed E-state index contributed by atoms with van der Waals surface area (Å²) in [5.74, 6) is 1.01. The van der Waals surface area contributed by atoms with Crippen LogP contribution in [0.15, 0.2) is 28.2 Å². The smallest absolute Gasteiger partial charge is 0.225 e. The van der Waals surface area contributed by atoms with Gasteiger partial charge in [-0.1, -0.05) is 6.07 Å². The van der Waals surface area contributed by atoms with Crippen molar-refractivity contribution in [2.24, 2.45) is 0 Å². The van der Waals surface area contributed by atoms with Gasteiger partial charge >= 0.3 is 0 Å². The normalized spacial score (nSPS) is 12.4. The monoisotopic (exact) mass is 312 g/mol. The molecule has 2 aromatic rings. The van der Waals surface area contributed by atoms with Crippen molar-refractivity contribution >= 4 is 39.0 Å². The van der Waals surface area contributed by atoms with Crippen molar-refractivity contribution in [2.75, 3.05) is 11.1 Å². The number of rotatable bonds is 4. The number of nitrogens with zero attached hydrogens (tertiary/aromatic N) is 2. The van der Waals surface area contributed by atoms with Gasteiger partial charge in [-0.15, -0.1) is 11.3 Å². The fraction of sp³-hybridized carbons (Fsp3) is 0.273. The van der Waals surface area contributed by atoms with Crippen LogP contribution in [0.5, 0.6) is 0 Å². The summed E-state index contributed by atoms with van der Waals surface area (Å²) >= 11 is 5.05. The Labute approximate surface area is 112 Å². The first-order valence-corrected chi connectivity index (χ1v) is 6.90. The molecule has 6 heteroatoms. The van der Waals surface area contributed by atoms with E-state index in [1.165, 1.54) is 4.88 Å². The van der Waals surface area contributed by atoms with E-state index < -0.39 is 0 Å². The van der Waals surface area contributed by atoms with Crippen molar-refractivity contribution in [2.45, 2.75) is 19.4 Å². The summed E-state index contributed by atoms with van der Waals surface area (Å²) in [4.78, 5) is 9.69. The number of hydrogen-bond donors (Lipinski definition) is 2. The van der Waals surface area contributed by atoms with Crippen LogP contribution in [0.1, 0.15) is 11.8 Å². The first-order valence-electron chi connectivity index (χ1n) is 5.22. The number of thiophene rings is 1. The fourth-order valence-corrected chi connectivity index (χ4v) is 2.74. The van der Waals surface area contributed by atoms with Gasteiger partial charge in [-0.05, 0) is 34.3 Å². The zero-order valence-electron chi connectivity index (χ0n) is 9.35. The van der Waals surface area contributed by atoms with Gasteiger partial charge < -0.3 is 11.1 Å². The van der Waals surface area contributed by atoms with Gasteiger partial charge in [0.25, 0.3) is 0 Å². The minimum atomic E-state index is 0.266. The van der Waals surface area contributed by atoms with Crippen molar-refractivity contribution in [3.8, 4) is 0 Å². The van der Waals surface area contributed by atoms with E-state index in [0.29, 0.717) is 16.4 Å². The lowest BCUT2D eigenvalue weighted by Crippen LogP contribution is -2.19. The molecule has 2 rings (SSSR count). The van der Waals surface area contributed by atoms with Crippen LogP contribution < -0.4 is 11.1 Å². The van der Waals surface area contributed by atoms with E-state index >= 15 is 0 Å². The van der Waals surface area contributed by atoms with Crippen LogP contribution in [0.25, 0.3) is 0 Å². The highest BCUT2D eigenvalue weighted by molar-refractivity contribution is 9.10. The molecule has 2 heterocycles. The number of nitrogen functional groups attached to an aromatic ring is 1. The summed E-state index contributed by atoms with van der Waals surface area (Å²) < 4.78 is 0.691. The van der Waals surface area contributed by atoms with Crippen molar-refractivity contribution in [1.82, 2.24) is 9.97 Å². The van der Waals surface area contributed by atoms with Crippen LogP contribution in [0, 0.1) is 0 Å². The maximum absolute atomic E-state index is 5.65. The Balaban J connectivity index is 2.00. The van der Waals surface area contributed by atoms with E-state index in [2.05, 4.69) is 55.7 Å². The summed E-state index contributed by atoms with van der Waals surface area (Å²) in [5, 5.41) is 5.32. The Morgan fingerprint density at radius 3 is 3.00 bits per heavy atom. The number of aromatic nitrogens is 2. The average molecular weight is 313 g/mol. The topological polar surface area (TPSA) is 63.8 Å². The quantitative estimate of drug-likeness (QED) is 0.852. The van der Waals surface area contributed by atoms with Gasteiger partial charge in [-0.25, -0.2) is 4.98 Å². The second kappa shape index (κ2) is 5.46. The van der Waals surface area contributed by atoms with Gasteiger partial charge in [0.05, 0.1) is 0 Å². The molecule has 0 aliphatic rings. The molecule has 17 heavy (non-hydrogen) atoms. The van der Waals surface area contributed by atoms with Gasteiger partial charge in [0.15, 0.2) is 0 Å². The highest BCUT2D eigenvalue weighted by atomic mass is 79.9. The van der Waals surface area contributed by atoms with Crippen LogP contribution in [0.4, 0.5) is 11.8 Å². The minimum absolute atomic E-state index is 0.266. The van der Waals surface area contributed by atoms with E-state index in [9.17, 15) is 0 Å². The Kier molecular flexibility index (Phi) is 3.96. The summed E-state index contributed by atoms with van der Waals surface area (Å²) in [7, 11) is 0. The third-order valence-electron chi connectivity index (χ3n) is 2.18. The van der Waals surface area contributed by atoms with Crippen LogP contribution in [-0.2, 0) is 6.42 Å². The Morgan fingerprint density at radius 2 is 2.35 bits per heavy atom. The predicted octanol–water partition coefficient (Wildman–Crippen LogP) is 2.93. The van der Waals surface area contributed by atoms with Crippen molar-refractivity contribution in [1.29, 1.82) is 0 Å². The summed E-state index contributed by atoms with van der Waals surface area (Å²) in [6, 6.07) is 6.12. The highest BCUT2D eigenvalue weighted by Gasteiger charge is 2.07. The Bertz CT molecular complexity index is 466. The number of hydrogen-bond acceptors (Lipinski definition) is 5. The molecule has 0 saturated heterocycles. The predicted molar refractivity (Wildman–Crippen MR) is 75.3 cm³/mol. The Morgan fingerprint density at radius 1 is 1.53 bits per heavy atom. The number of halogens is 1. The maximum Gasteiger partial charge on any atom is 0.225 e. The highest BCUT2D eigenvalue weighted by Crippen LogP contribution is 2.15. The lowest BCUT2D eigenvalue weighted by molar-refractivity contribution is 0.786. The first kappa shape index (κ1) is 12.3. The molecule has 4 nitrogen and oxygen atoms in total. The van der Waals surface area contributed by atoms with Crippen molar-refractivity contribution < 1.29 is 0 Å². The lowest BCUT2D eigenvalue weighted by atomic mass is 10.2. The number of nitrogens with one attached hydrogen (secondary N) is 1. The molecule has 0 aromatic carbocycles. The van der Waals surface area contributed by atoms with Crippen molar-refractivity contribution in [3.63, 3.8) is 0 Å². The SMILES string of the molecule is CC(Cc1cccs1)Nc1nc(N)cc(Br)n1. The molecular formula is C11H13BrN4S. The number of nitrogens with two attached hydrogens (primary N) is 1. The van der Waals surface area contributed by atoms with Gasteiger partial charge in [-0.3, -0.25) is 0 Å². The van der Waals surface area contributed by atoms with Crippen LogP contribution in [-0.4, -0.2) is 16.0 Å². The zero-order chi connectivity index (χ0) is 12.3. The molecule has 0 radical (unpaired) electrons. The summed E-state index contributed by atoms with van der Waals surface area (Å²) in [5.41, 5.74) is 5.65. The molecule has 1 atom stereocenters. The molecule has 0 saturated carbocycles. The van der Waals surface area contributed by atoms with E-state index in [1.54, 1.807) is 17.4 Å². The maximum atomic E-state index is 5.65. The Hall–Kier alpha value is -1.14. The molecule has 0 amide bonds.